The monoisotopic (exact) mass is 376 g/mol. The lowest BCUT2D eigenvalue weighted by molar-refractivity contribution is -0.137. The van der Waals surface area contributed by atoms with Crippen molar-refractivity contribution in [3.05, 3.63) is 23.4 Å². The molecule has 0 aromatic carbocycles. The van der Waals surface area contributed by atoms with Crippen molar-refractivity contribution in [3.63, 3.8) is 0 Å². The summed E-state index contributed by atoms with van der Waals surface area (Å²) in [5.41, 5.74) is 0.660. The van der Waals surface area contributed by atoms with E-state index in [0.29, 0.717) is 17.2 Å². The smallest absolute Gasteiger partial charge is 0.231 e. The van der Waals surface area contributed by atoms with Crippen LogP contribution in [0.1, 0.15) is 19.8 Å². The molecule has 0 aliphatic carbocycles. The van der Waals surface area contributed by atoms with Gasteiger partial charge in [0.2, 0.25) is 11.9 Å². The first-order chi connectivity index (χ1) is 12.7. The van der Waals surface area contributed by atoms with E-state index in [1.54, 1.807) is 0 Å². The largest absolute Gasteiger partial charge is 0.340 e. The molecule has 26 heavy (non-hydrogen) atoms. The maximum absolute atomic E-state index is 13.0. The van der Waals surface area contributed by atoms with Gasteiger partial charge in [-0.1, -0.05) is 18.5 Å². The zero-order chi connectivity index (χ0) is 18.1. The molecule has 8 heteroatoms. The topological polar surface area (TPSA) is 57.0 Å². The van der Waals surface area contributed by atoms with Gasteiger partial charge in [-0.15, -0.1) is 10.2 Å². The van der Waals surface area contributed by atoms with E-state index in [2.05, 4.69) is 26.9 Å². The fraction of sp³-hybridized carbons (Fsp3) is 0.611. The zero-order valence-electron chi connectivity index (χ0n) is 15.1. The van der Waals surface area contributed by atoms with Crippen LogP contribution in [0.15, 0.2) is 18.3 Å². The number of anilines is 1. The average Bonchev–Trinajstić information content (AvgIpc) is 3.13. The van der Waals surface area contributed by atoms with E-state index >= 15 is 0 Å². The van der Waals surface area contributed by atoms with E-state index in [0.717, 1.165) is 58.1 Å². The lowest BCUT2D eigenvalue weighted by Gasteiger charge is -2.38. The number of aromatic nitrogens is 3. The number of amides is 1. The molecule has 1 unspecified atom stereocenters. The Morgan fingerprint density at radius 3 is 2.81 bits per heavy atom. The number of likely N-dealkylation sites (N-methyl/N-ethyl adjacent to an activating group) is 1. The Labute approximate surface area is 158 Å². The minimum Gasteiger partial charge on any atom is -0.340 e. The van der Waals surface area contributed by atoms with Gasteiger partial charge in [-0.2, -0.15) is 0 Å². The second-order valence-electron chi connectivity index (χ2n) is 7.09. The van der Waals surface area contributed by atoms with Crippen LogP contribution in [0.4, 0.5) is 5.95 Å². The third-order valence-corrected chi connectivity index (χ3v) is 5.85. The van der Waals surface area contributed by atoms with Crippen LogP contribution in [0.25, 0.3) is 5.65 Å². The molecule has 0 radical (unpaired) electrons. The van der Waals surface area contributed by atoms with Gasteiger partial charge in [0.25, 0.3) is 0 Å². The van der Waals surface area contributed by atoms with Gasteiger partial charge in [0.05, 0.1) is 10.9 Å². The molecule has 0 saturated carbocycles. The van der Waals surface area contributed by atoms with E-state index in [1.807, 2.05) is 27.6 Å². The number of hydrogen-bond donors (Lipinski definition) is 0. The standard InChI is InChI=1S/C18H25ClN6O/c1-2-22-9-11-23(12-10-22)17(26)14-5-3-7-24(13-14)18-21-20-16-15(19)6-4-8-25(16)18/h4,6,8,14H,2-3,5,7,9-13H2,1H3. The summed E-state index contributed by atoms with van der Waals surface area (Å²) in [6.07, 6.45) is 3.85. The van der Waals surface area contributed by atoms with Crippen LogP contribution in [0.2, 0.25) is 5.02 Å². The number of halogens is 1. The number of pyridine rings is 1. The Bertz CT molecular complexity index is 785. The molecule has 140 valence electrons. The summed E-state index contributed by atoms with van der Waals surface area (Å²) in [4.78, 5) is 19.6. The minimum atomic E-state index is 0.0310. The maximum Gasteiger partial charge on any atom is 0.231 e. The number of fused-ring (bicyclic) bond motifs is 1. The van der Waals surface area contributed by atoms with Crippen molar-refractivity contribution in [2.24, 2.45) is 5.92 Å². The first-order valence-corrected chi connectivity index (χ1v) is 9.80. The highest BCUT2D eigenvalue weighted by Gasteiger charge is 2.32. The van der Waals surface area contributed by atoms with Gasteiger partial charge >= 0.3 is 0 Å². The van der Waals surface area contributed by atoms with E-state index in [-0.39, 0.29) is 11.8 Å². The van der Waals surface area contributed by atoms with E-state index in [9.17, 15) is 4.79 Å². The molecule has 2 fully saturated rings. The highest BCUT2D eigenvalue weighted by Crippen LogP contribution is 2.26. The van der Waals surface area contributed by atoms with Crippen LogP contribution >= 0.6 is 11.6 Å². The Balaban J connectivity index is 1.47. The van der Waals surface area contributed by atoms with Crippen LogP contribution in [0.3, 0.4) is 0 Å². The quantitative estimate of drug-likeness (QED) is 0.817. The normalized spacial score (nSPS) is 22.2. The SMILES string of the molecule is CCN1CCN(C(=O)C2CCCN(c3nnc4c(Cl)cccn34)C2)CC1. The summed E-state index contributed by atoms with van der Waals surface area (Å²) in [5.74, 6) is 1.09. The number of rotatable bonds is 3. The van der Waals surface area contributed by atoms with Crippen molar-refractivity contribution in [3.8, 4) is 0 Å². The third-order valence-electron chi connectivity index (χ3n) is 5.55. The lowest BCUT2D eigenvalue weighted by Crippen LogP contribution is -2.52. The second-order valence-corrected chi connectivity index (χ2v) is 7.50. The van der Waals surface area contributed by atoms with Crippen molar-refractivity contribution in [1.29, 1.82) is 0 Å². The number of carbonyl (C=O) groups is 1. The van der Waals surface area contributed by atoms with E-state index in [1.165, 1.54) is 0 Å². The van der Waals surface area contributed by atoms with Gasteiger partial charge in [-0.05, 0) is 31.5 Å². The molecule has 2 aliphatic heterocycles. The molecule has 1 atom stereocenters. The van der Waals surface area contributed by atoms with Crippen LogP contribution in [-0.2, 0) is 4.79 Å². The van der Waals surface area contributed by atoms with Crippen molar-refractivity contribution < 1.29 is 4.79 Å². The van der Waals surface area contributed by atoms with Crippen LogP contribution in [-0.4, -0.2) is 76.1 Å². The predicted octanol–water partition coefficient (Wildman–Crippen LogP) is 1.76. The second kappa shape index (κ2) is 7.40. The first kappa shape index (κ1) is 17.5. The Hall–Kier alpha value is -1.86. The molecule has 1 amide bonds. The molecular formula is C18H25ClN6O. The summed E-state index contributed by atoms with van der Waals surface area (Å²) in [6.45, 7) is 8.45. The number of piperidine rings is 1. The minimum absolute atomic E-state index is 0.0310. The van der Waals surface area contributed by atoms with Crippen molar-refractivity contribution >= 4 is 29.1 Å². The highest BCUT2D eigenvalue weighted by atomic mass is 35.5. The maximum atomic E-state index is 13.0. The molecule has 2 aromatic heterocycles. The number of carbonyl (C=O) groups excluding carboxylic acids is 1. The molecule has 2 saturated heterocycles. The van der Waals surface area contributed by atoms with Gasteiger partial charge in [0, 0.05) is 45.5 Å². The number of piperazine rings is 1. The molecule has 0 N–H and O–H groups in total. The van der Waals surface area contributed by atoms with Gasteiger partial charge < -0.3 is 14.7 Å². The van der Waals surface area contributed by atoms with Crippen LogP contribution in [0, 0.1) is 5.92 Å². The first-order valence-electron chi connectivity index (χ1n) is 9.42. The molecule has 4 heterocycles. The van der Waals surface area contributed by atoms with Gasteiger partial charge in [-0.25, -0.2) is 0 Å². The molecule has 2 aromatic rings. The summed E-state index contributed by atoms with van der Waals surface area (Å²) < 4.78 is 1.91. The van der Waals surface area contributed by atoms with Crippen LogP contribution in [0.5, 0.6) is 0 Å². The molecule has 4 rings (SSSR count). The summed E-state index contributed by atoms with van der Waals surface area (Å²) >= 11 is 6.21. The number of nitrogens with zero attached hydrogens (tertiary/aromatic N) is 6. The Morgan fingerprint density at radius 2 is 2.04 bits per heavy atom. The third kappa shape index (κ3) is 3.25. The summed E-state index contributed by atoms with van der Waals surface area (Å²) in [6, 6.07) is 3.70. The van der Waals surface area contributed by atoms with E-state index in [4.69, 9.17) is 11.6 Å². The Morgan fingerprint density at radius 1 is 1.23 bits per heavy atom. The molecule has 2 aliphatic rings. The van der Waals surface area contributed by atoms with Crippen molar-refractivity contribution in [2.45, 2.75) is 19.8 Å². The molecule has 7 nitrogen and oxygen atoms in total. The fourth-order valence-electron chi connectivity index (χ4n) is 3.99. The van der Waals surface area contributed by atoms with Gasteiger partial charge in [-0.3, -0.25) is 9.20 Å². The predicted molar refractivity (Wildman–Crippen MR) is 102 cm³/mol. The zero-order valence-corrected chi connectivity index (χ0v) is 15.9. The van der Waals surface area contributed by atoms with Gasteiger partial charge in [0.1, 0.15) is 0 Å². The van der Waals surface area contributed by atoms with Crippen molar-refractivity contribution in [1.82, 2.24) is 24.4 Å². The average molecular weight is 377 g/mol. The lowest BCUT2D eigenvalue weighted by atomic mass is 9.96. The van der Waals surface area contributed by atoms with Crippen LogP contribution < -0.4 is 4.90 Å². The van der Waals surface area contributed by atoms with Gasteiger partial charge in [0.15, 0.2) is 5.65 Å². The fourth-order valence-corrected chi connectivity index (χ4v) is 4.19. The van der Waals surface area contributed by atoms with E-state index < -0.39 is 0 Å². The Kier molecular flexibility index (Phi) is 5.00. The molecular weight excluding hydrogens is 352 g/mol. The highest BCUT2D eigenvalue weighted by molar-refractivity contribution is 6.33. The molecule has 0 spiro atoms. The molecule has 0 bridgehead atoms. The summed E-state index contributed by atoms with van der Waals surface area (Å²) in [5, 5.41) is 9.13. The summed E-state index contributed by atoms with van der Waals surface area (Å²) in [7, 11) is 0. The van der Waals surface area contributed by atoms with Crippen molar-refractivity contribution in [2.75, 3.05) is 50.7 Å². The number of hydrogen-bond acceptors (Lipinski definition) is 5.